The van der Waals surface area contributed by atoms with Crippen LogP contribution in [0.15, 0.2) is 18.2 Å². The maximum atomic E-state index is 12.3. The minimum atomic E-state index is 0.0468. The summed E-state index contributed by atoms with van der Waals surface area (Å²) >= 11 is 0. The van der Waals surface area contributed by atoms with E-state index in [-0.39, 0.29) is 5.91 Å². The van der Waals surface area contributed by atoms with E-state index in [0.717, 1.165) is 36.3 Å². The second-order valence-electron chi connectivity index (χ2n) is 5.69. The number of aryl methyl sites for hydroxylation is 1. The normalized spacial score (nSPS) is 12.0. The van der Waals surface area contributed by atoms with E-state index in [9.17, 15) is 4.79 Å². The number of benzene rings is 1. The summed E-state index contributed by atoms with van der Waals surface area (Å²) in [6.07, 6.45) is 4.78. The number of amides is 1. The molecule has 0 heterocycles. The molecule has 1 rings (SSSR count). The first-order valence-corrected chi connectivity index (χ1v) is 8.25. The van der Waals surface area contributed by atoms with E-state index in [1.165, 1.54) is 19.3 Å². The first-order chi connectivity index (χ1) is 10.1. The monoisotopic (exact) mass is 290 g/mol. The van der Waals surface area contributed by atoms with Crippen LogP contribution in [0.25, 0.3) is 0 Å². The molecule has 3 nitrogen and oxygen atoms in total. The lowest BCUT2D eigenvalue weighted by Crippen LogP contribution is -2.29. The number of carbonyl (C=O) groups excluding carboxylic acids is 1. The molecule has 118 valence electrons. The third-order valence-electron chi connectivity index (χ3n) is 3.95. The van der Waals surface area contributed by atoms with E-state index in [2.05, 4.69) is 31.4 Å². The lowest BCUT2D eigenvalue weighted by molar-refractivity contribution is 0.0945. The summed E-state index contributed by atoms with van der Waals surface area (Å²) in [5.74, 6) is 0.640. The molecule has 0 aliphatic heterocycles. The number of unbranched alkanes of at least 4 members (excludes halogenated alkanes) is 1. The molecule has 21 heavy (non-hydrogen) atoms. The van der Waals surface area contributed by atoms with Gasteiger partial charge >= 0.3 is 0 Å². The van der Waals surface area contributed by atoms with Crippen LogP contribution in [0.2, 0.25) is 0 Å². The second-order valence-corrected chi connectivity index (χ2v) is 5.69. The molecular weight excluding hydrogens is 260 g/mol. The molecule has 0 spiro atoms. The molecule has 3 heteroatoms. The number of nitrogens with one attached hydrogen (secondary N) is 2. The quantitative estimate of drug-likeness (QED) is 0.709. The molecule has 0 saturated heterocycles. The van der Waals surface area contributed by atoms with Gasteiger partial charge in [0, 0.05) is 24.3 Å². The Morgan fingerprint density at radius 1 is 1.24 bits per heavy atom. The molecule has 0 aliphatic rings. The van der Waals surface area contributed by atoms with E-state index in [1.54, 1.807) is 0 Å². The fraction of sp³-hybridized carbons (Fsp3) is 0.611. The Morgan fingerprint density at radius 2 is 2.00 bits per heavy atom. The Bertz CT molecular complexity index is 443. The molecule has 0 radical (unpaired) electrons. The third kappa shape index (κ3) is 5.78. The van der Waals surface area contributed by atoms with E-state index in [4.69, 9.17) is 0 Å². The lowest BCUT2D eigenvalue weighted by atomic mass is 9.99. The summed E-state index contributed by atoms with van der Waals surface area (Å²) < 4.78 is 0. The predicted molar refractivity (Wildman–Crippen MR) is 91.0 cm³/mol. The molecule has 0 aromatic heterocycles. The van der Waals surface area contributed by atoms with Gasteiger partial charge in [-0.25, -0.2) is 0 Å². The summed E-state index contributed by atoms with van der Waals surface area (Å²) in [4.78, 5) is 12.3. The number of carbonyl (C=O) groups is 1. The van der Waals surface area contributed by atoms with Gasteiger partial charge in [0.2, 0.25) is 0 Å². The molecule has 0 fully saturated rings. The lowest BCUT2D eigenvalue weighted by Gasteiger charge is -2.16. The first-order valence-electron chi connectivity index (χ1n) is 8.25. The van der Waals surface area contributed by atoms with Gasteiger partial charge in [-0.05, 0) is 49.9 Å². The number of anilines is 1. The van der Waals surface area contributed by atoms with Gasteiger partial charge < -0.3 is 10.6 Å². The van der Waals surface area contributed by atoms with Crippen LogP contribution in [-0.2, 0) is 0 Å². The summed E-state index contributed by atoms with van der Waals surface area (Å²) in [6, 6.07) is 5.92. The molecule has 1 aromatic rings. The van der Waals surface area contributed by atoms with Crippen LogP contribution in [0.5, 0.6) is 0 Å². The van der Waals surface area contributed by atoms with Gasteiger partial charge in [-0.2, -0.15) is 0 Å². The van der Waals surface area contributed by atoms with Crippen molar-refractivity contribution in [3.63, 3.8) is 0 Å². The minimum absolute atomic E-state index is 0.0468. The van der Waals surface area contributed by atoms with Crippen LogP contribution in [0.1, 0.15) is 62.4 Å². The largest absolute Gasteiger partial charge is 0.385 e. The number of hydrogen-bond acceptors (Lipinski definition) is 2. The second kappa shape index (κ2) is 9.43. The van der Waals surface area contributed by atoms with Gasteiger partial charge in [-0.1, -0.05) is 33.1 Å². The summed E-state index contributed by atoms with van der Waals surface area (Å²) in [5, 5.41) is 6.36. The highest BCUT2D eigenvalue weighted by molar-refractivity contribution is 5.96. The zero-order valence-corrected chi connectivity index (χ0v) is 14.0. The van der Waals surface area contributed by atoms with Crippen molar-refractivity contribution in [3.8, 4) is 0 Å². The van der Waals surface area contributed by atoms with Gasteiger partial charge in [-0.3, -0.25) is 4.79 Å². The Kier molecular flexibility index (Phi) is 7.88. The summed E-state index contributed by atoms with van der Waals surface area (Å²) in [6.45, 7) is 10.1. The third-order valence-corrected chi connectivity index (χ3v) is 3.95. The van der Waals surface area contributed by atoms with Gasteiger partial charge in [0.25, 0.3) is 5.91 Å². The smallest absolute Gasteiger partial charge is 0.251 e. The van der Waals surface area contributed by atoms with Crippen molar-refractivity contribution < 1.29 is 4.79 Å². The molecule has 1 unspecified atom stereocenters. The van der Waals surface area contributed by atoms with Gasteiger partial charge in [0.1, 0.15) is 0 Å². The van der Waals surface area contributed by atoms with Crippen LogP contribution in [-0.4, -0.2) is 19.0 Å². The summed E-state index contributed by atoms with van der Waals surface area (Å²) in [7, 11) is 0. The van der Waals surface area contributed by atoms with Crippen molar-refractivity contribution in [3.05, 3.63) is 29.3 Å². The fourth-order valence-corrected chi connectivity index (χ4v) is 2.51. The van der Waals surface area contributed by atoms with Crippen LogP contribution in [0.4, 0.5) is 5.69 Å². The number of rotatable bonds is 9. The zero-order valence-electron chi connectivity index (χ0n) is 14.0. The Hall–Kier alpha value is -1.51. The predicted octanol–water partition coefficient (Wildman–Crippen LogP) is 4.37. The van der Waals surface area contributed by atoms with Crippen LogP contribution >= 0.6 is 0 Å². The fourth-order valence-electron chi connectivity index (χ4n) is 2.51. The Morgan fingerprint density at radius 3 is 2.57 bits per heavy atom. The molecule has 2 N–H and O–H groups in total. The van der Waals surface area contributed by atoms with Crippen molar-refractivity contribution in [2.24, 2.45) is 5.92 Å². The zero-order chi connectivity index (χ0) is 15.7. The highest BCUT2D eigenvalue weighted by Crippen LogP contribution is 2.16. The minimum Gasteiger partial charge on any atom is -0.385 e. The highest BCUT2D eigenvalue weighted by Gasteiger charge is 2.12. The van der Waals surface area contributed by atoms with Crippen LogP contribution in [0, 0.1) is 12.8 Å². The van der Waals surface area contributed by atoms with Crippen molar-refractivity contribution in [1.29, 1.82) is 0 Å². The standard InChI is InChI=1S/C18H30N2O/c1-5-8-9-15(6-2)13-20-18(21)17-11-10-16(19-7-3)12-14(17)4/h10-12,15,19H,5-9,13H2,1-4H3,(H,20,21). The van der Waals surface area contributed by atoms with Crippen molar-refractivity contribution >= 4 is 11.6 Å². The van der Waals surface area contributed by atoms with E-state index < -0.39 is 0 Å². The average molecular weight is 290 g/mol. The van der Waals surface area contributed by atoms with Crippen LogP contribution in [0.3, 0.4) is 0 Å². The maximum absolute atomic E-state index is 12.3. The molecule has 1 atom stereocenters. The molecule has 1 amide bonds. The van der Waals surface area contributed by atoms with E-state index >= 15 is 0 Å². The number of hydrogen-bond donors (Lipinski definition) is 2. The molecule has 0 saturated carbocycles. The Balaban J connectivity index is 2.58. The maximum Gasteiger partial charge on any atom is 0.251 e. The van der Waals surface area contributed by atoms with Gasteiger partial charge in [0.05, 0.1) is 0 Å². The highest BCUT2D eigenvalue weighted by atomic mass is 16.1. The SMILES string of the molecule is CCCCC(CC)CNC(=O)c1ccc(NCC)cc1C. The van der Waals surface area contributed by atoms with E-state index in [1.807, 2.05) is 25.1 Å². The molecular formula is C18H30N2O. The molecule has 0 bridgehead atoms. The first kappa shape index (κ1) is 17.5. The Labute approximate surface area is 129 Å². The van der Waals surface area contributed by atoms with Crippen LogP contribution < -0.4 is 10.6 Å². The molecule has 0 aliphatic carbocycles. The van der Waals surface area contributed by atoms with E-state index in [0.29, 0.717) is 5.92 Å². The summed E-state index contributed by atoms with van der Waals surface area (Å²) in [5.41, 5.74) is 2.87. The topological polar surface area (TPSA) is 41.1 Å². The van der Waals surface area contributed by atoms with Crippen molar-refractivity contribution in [2.75, 3.05) is 18.4 Å². The average Bonchev–Trinajstić information content (AvgIpc) is 2.47. The van der Waals surface area contributed by atoms with Gasteiger partial charge in [0.15, 0.2) is 0 Å². The van der Waals surface area contributed by atoms with Crippen molar-refractivity contribution in [1.82, 2.24) is 5.32 Å². The van der Waals surface area contributed by atoms with Gasteiger partial charge in [-0.15, -0.1) is 0 Å². The van der Waals surface area contributed by atoms with Crippen molar-refractivity contribution in [2.45, 2.75) is 53.4 Å². The molecule has 1 aromatic carbocycles.